The smallest absolute Gasteiger partial charge is 0.315 e. The molecule has 1 aromatic carbocycles. The van der Waals surface area contributed by atoms with Crippen molar-refractivity contribution < 1.29 is 9.90 Å². The van der Waals surface area contributed by atoms with Crippen molar-refractivity contribution in [3.8, 4) is 0 Å². The van der Waals surface area contributed by atoms with E-state index in [2.05, 4.69) is 15.6 Å². The molecular formula is C15H21N3O2S. The van der Waals surface area contributed by atoms with Gasteiger partial charge in [-0.15, -0.1) is 11.3 Å². The van der Waals surface area contributed by atoms with Crippen LogP contribution < -0.4 is 10.6 Å². The van der Waals surface area contributed by atoms with Crippen LogP contribution in [0, 0.1) is 5.92 Å². The number of carbonyl (C=O) groups excluding carboxylic acids is 1. The maximum atomic E-state index is 11.7. The first-order valence-electron chi connectivity index (χ1n) is 7.14. The second-order valence-corrected chi connectivity index (χ2v) is 6.21. The lowest BCUT2D eigenvalue weighted by Crippen LogP contribution is -2.41. The highest BCUT2D eigenvalue weighted by atomic mass is 32.1. The Morgan fingerprint density at radius 2 is 2.14 bits per heavy atom. The molecule has 21 heavy (non-hydrogen) atoms. The number of rotatable bonds is 6. The van der Waals surface area contributed by atoms with Crippen molar-refractivity contribution in [3.05, 3.63) is 29.3 Å². The van der Waals surface area contributed by atoms with Gasteiger partial charge in [0, 0.05) is 6.54 Å². The Hall–Kier alpha value is -1.66. The van der Waals surface area contributed by atoms with Gasteiger partial charge in [-0.2, -0.15) is 0 Å². The van der Waals surface area contributed by atoms with Gasteiger partial charge in [0.25, 0.3) is 0 Å². The average Bonchev–Trinajstić information content (AvgIpc) is 2.92. The van der Waals surface area contributed by atoms with E-state index in [0.29, 0.717) is 6.54 Å². The lowest BCUT2D eigenvalue weighted by molar-refractivity contribution is 0.114. The van der Waals surface area contributed by atoms with E-state index in [4.69, 9.17) is 0 Å². The normalized spacial score (nSPS) is 13.9. The van der Waals surface area contributed by atoms with E-state index in [9.17, 15) is 9.90 Å². The number of hydrogen-bond acceptors (Lipinski definition) is 4. The number of benzene rings is 1. The van der Waals surface area contributed by atoms with Crippen LogP contribution >= 0.6 is 11.3 Å². The van der Waals surface area contributed by atoms with Gasteiger partial charge in [0.2, 0.25) is 0 Å². The zero-order chi connectivity index (χ0) is 15.2. The maximum absolute atomic E-state index is 11.7. The molecule has 0 bridgehead atoms. The molecule has 114 valence electrons. The molecule has 0 aliphatic rings. The number of urea groups is 1. The van der Waals surface area contributed by atoms with Gasteiger partial charge >= 0.3 is 6.03 Å². The standard InChI is InChI=1S/C15H21N3O2S/c1-3-10(2)12(19)8-16-15(20)17-9-14-18-11-6-4-5-7-13(11)21-14/h4-7,10,12,19H,3,8-9H2,1-2H3,(H2,16,17,20). The quantitative estimate of drug-likeness (QED) is 0.767. The van der Waals surface area contributed by atoms with E-state index in [1.54, 1.807) is 11.3 Å². The van der Waals surface area contributed by atoms with Crippen LogP contribution in [0.4, 0.5) is 4.79 Å². The number of aromatic nitrogens is 1. The molecular weight excluding hydrogens is 286 g/mol. The zero-order valence-corrected chi connectivity index (χ0v) is 13.1. The monoisotopic (exact) mass is 307 g/mol. The largest absolute Gasteiger partial charge is 0.391 e. The van der Waals surface area contributed by atoms with Crippen LogP contribution in [-0.2, 0) is 6.54 Å². The molecule has 0 spiro atoms. The molecule has 2 aromatic rings. The molecule has 6 heteroatoms. The van der Waals surface area contributed by atoms with Crippen molar-refractivity contribution in [3.63, 3.8) is 0 Å². The molecule has 2 atom stereocenters. The Kier molecular flexibility index (Phi) is 5.52. The highest BCUT2D eigenvalue weighted by molar-refractivity contribution is 7.18. The molecule has 5 nitrogen and oxygen atoms in total. The Morgan fingerprint density at radius 3 is 2.86 bits per heavy atom. The lowest BCUT2D eigenvalue weighted by atomic mass is 10.0. The van der Waals surface area contributed by atoms with Crippen LogP contribution in [0.1, 0.15) is 25.3 Å². The number of carbonyl (C=O) groups is 1. The van der Waals surface area contributed by atoms with Crippen molar-refractivity contribution in [2.75, 3.05) is 6.54 Å². The molecule has 2 unspecified atom stereocenters. The zero-order valence-electron chi connectivity index (χ0n) is 12.3. The van der Waals surface area contributed by atoms with Crippen LogP contribution in [0.2, 0.25) is 0 Å². The Bertz CT molecular complexity index is 566. The van der Waals surface area contributed by atoms with Crippen LogP contribution in [-0.4, -0.2) is 28.8 Å². The van der Waals surface area contributed by atoms with E-state index in [1.807, 2.05) is 38.1 Å². The Morgan fingerprint density at radius 1 is 1.38 bits per heavy atom. The second-order valence-electron chi connectivity index (χ2n) is 5.09. The summed E-state index contributed by atoms with van der Waals surface area (Å²) in [6.45, 7) is 4.64. The molecule has 1 heterocycles. The topological polar surface area (TPSA) is 74.2 Å². The number of aliphatic hydroxyl groups excluding tert-OH is 1. The number of thiazole rings is 1. The van der Waals surface area contributed by atoms with Crippen LogP contribution in [0.15, 0.2) is 24.3 Å². The van der Waals surface area contributed by atoms with Gasteiger partial charge in [-0.3, -0.25) is 0 Å². The molecule has 1 aromatic heterocycles. The van der Waals surface area contributed by atoms with Gasteiger partial charge in [0.05, 0.1) is 22.9 Å². The van der Waals surface area contributed by atoms with Gasteiger partial charge in [-0.25, -0.2) is 9.78 Å². The summed E-state index contributed by atoms with van der Waals surface area (Å²) in [5.41, 5.74) is 0.951. The predicted molar refractivity (Wildman–Crippen MR) is 85.3 cm³/mol. The Labute approximate surface area is 128 Å². The summed E-state index contributed by atoms with van der Waals surface area (Å²) in [6, 6.07) is 7.61. The minimum Gasteiger partial charge on any atom is -0.391 e. The molecule has 0 fully saturated rings. The van der Waals surface area contributed by atoms with E-state index in [-0.39, 0.29) is 18.5 Å². The molecule has 0 saturated carbocycles. The molecule has 0 aliphatic heterocycles. The molecule has 0 saturated heterocycles. The molecule has 3 N–H and O–H groups in total. The van der Waals surface area contributed by atoms with Crippen molar-refractivity contribution >= 4 is 27.6 Å². The minimum atomic E-state index is -0.511. The first-order valence-corrected chi connectivity index (χ1v) is 7.96. The van der Waals surface area contributed by atoms with E-state index >= 15 is 0 Å². The number of fused-ring (bicyclic) bond motifs is 1. The highest BCUT2D eigenvalue weighted by Gasteiger charge is 2.13. The summed E-state index contributed by atoms with van der Waals surface area (Å²) < 4.78 is 1.11. The number of hydrogen-bond donors (Lipinski definition) is 3. The third-order valence-corrected chi connectivity index (χ3v) is 4.55. The van der Waals surface area contributed by atoms with Gasteiger partial charge < -0.3 is 15.7 Å². The van der Waals surface area contributed by atoms with Crippen molar-refractivity contribution in [2.24, 2.45) is 5.92 Å². The fourth-order valence-corrected chi connectivity index (χ4v) is 2.79. The summed E-state index contributed by atoms with van der Waals surface area (Å²) >= 11 is 1.57. The van der Waals surface area contributed by atoms with Crippen LogP contribution in [0.3, 0.4) is 0 Å². The van der Waals surface area contributed by atoms with Crippen LogP contribution in [0.25, 0.3) is 10.2 Å². The maximum Gasteiger partial charge on any atom is 0.315 e. The summed E-state index contributed by atoms with van der Waals surface area (Å²) in [6.07, 6.45) is 0.374. The number of nitrogens with zero attached hydrogens (tertiary/aromatic N) is 1. The third-order valence-electron chi connectivity index (χ3n) is 3.51. The first kappa shape index (κ1) is 15.7. The molecule has 0 radical (unpaired) electrons. The molecule has 0 aliphatic carbocycles. The molecule has 2 rings (SSSR count). The second kappa shape index (κ2) is 7.38. The number of para-hydroxylation sites is 1. The summed E-state index contributed by atoms with van der Waals surface area (Å²) in [4.78, 5) is 16.1. The van der Waals surface area contributed by atoms with E-state index in [1.165, 1.54) is 0 Å². The fourth-order valence-electron chi connectivity index (χ4n) is 1.88. The SMILES string of the molecule is CCC(C)C(O)CNC(=O)NCc1nc2ccccc2s1. The number of nitrogens with one attached hydrogen (secondary N) is 2. The highest BCUT2D eigenvalue weighted by Crippen LogP contribution is 2.21. The van der Waals surface area contributed by atoms with E-state index < -0.39 is 6.10 Å². The average molecular weight is 307 g/mol. The first-order chi connectivity index (χ1) is 10.1. The Balaban J connectivity index is 1.78. The van der Waals surface area contributed by atoms with E-state index in [0.717, 1.165) is 21.6 Å². The number of amides is 2. The van der Waals surface area contributed by atoms with Crippen molar-refractivity contribution in [1.82, 2.24) is 15.6 Å². The summed E-state index contributed by atoms with van der Waals surface area (Å²) in [5.74, 6) is 0.176. The summed E-state index contributed by atoms with van der Waals surface area (Å²) in [5, 5.41) is 16.1. The lowest BCUT2D eigenvalue weighted by Gasteiger charge is -2.17. The predicted octanol–water partition coefficient (Wildman–Crippen LogP) is 2.50. The van der Waals surface area contributed by atoms with Gasteiger partial charge in [-0.1, -0.05) is 32.4 Å². The van der Waals surface area contributed by atoms with Gasteiger partial charge in [-0.05, 0) is 18.1 Å². The fraction of sp³-hybridized carbons (Fsp3) is 0.467. The van der Waals surface area contributed by atoms with Gasteiger partial charge in [0.1, 0.15) is 5.01 Å². The summed E-state index contributed by atoms with van der Waals surface area (Å²) in [7, 11) is 0. The number of aliphatic hydroxyl groups is 1. The van der Waals surface area contributed by atoms with Gasteiger partial charge in [0.15, 0.2) is 0 Å². The van der Waals surface area contributed by atoms with Crippen molar-refractivity contribution in [2.45, 2.75) is 32.9 Å². The third kappa shape index (κ3) is 4.41. The minimum absolute atomic E-state index is 0.176. The molecule has 2 amide bonds. The van der Waals surface area contributed by atoms with Crippen LogP contribution in [0.5, 0.6) is 0 Å². The van der Waals surface area contributed by atoms with Crippen molar-refractivity contribution in [1.29, 1.82) is 0 Å².